The quantitative estimate of drug-likeness (QED) is 0.851. The molecule has 0 radical (unpaired) electrons. The lowest BCUT2D eigenvalue weighted by molar-refractivity contribution is 0.0587. The van der Waals surface area contributed by atoms with Gasteiger partial charge in [0.2, 0.25) is 0 Å². The minimum Gasteiger partial charge on any atom is -0.494 e. The molecule has 1 saturated heterocycles. The molecule has 5 nitrogen and oxygen atoms in total. The van der Waals surface area contributed by atoms with Gasteiger partial charge in [-0.15, -0.1) is 0 Å². The third-order valence-electron chi connectivity index (χ3n) is 4.04. The fourth-order valence-electron chi connectivity index (χ4n) is 2.75. The third-order valence-corrected chi connectivity index (χ3v) is 4.29. The van der Waals surface area contributed by atoms with E-state index < -0.39 is 0 Å². The Balaban J connectivity index is 1.58. The summed E-state index contributed by atoms with van der Waals surface area (Å²) < 4.78 is 11.2. The fraction of sp³-hybridized carbons (Fsp3) is 0.333. The summed E-state index contributed by atoms with van der Waals surface area (Å²) in [7, 11) is 1.54. The van der Waals surface area contributed by atoms with Crippen molar-refractivity contribution in [2.45, 2.75) is 18.9 Å². The van der Waals surface area contributed by atoms with Gasteiger partial charge in [-0.3, -0.25) is 4.79 Å². The SMILES string of the molecule is COc1cccnc1C(=O)N1CCC(Oc2ccc(Cl)cc2)CC1. The number of aromatic nitrogens is 1. The fourth-order valence-corrected chi connectivity index (χ4v) is 2.87. The monoisotopic (exact) mass is 346 g/mol. The van der Waals surface area contributed by atoms with Crippen LogP contribution < -0.4 is 9.47 Å². The summed E-state index contributed by atoms with van der Waals surface area (Å²) in [6.45, 7) is 1.27. The maximum atomic E-state index is 12.6. The van der Waals surface area contributed by atoms with Crippen molar-refractivity contribution in [3.63, 3.8) is 0 Å². The molecule has 1 aromatic carbocycles. The Bertz CT molecular complexity index is 698. The molecule has 2 heterocycles. The molecule has 1 aliphatic rings. The van der Waals surface area contributed by atoms with Crippen molar-refractivity contribution in [3.8, 4) is 11.5 Å². The second kappa shape index (κ2) is 7.53. The number of hydrogen-bond donors (Lipinski definition) is 0. The first-order chi connectivity index (χ1) is 11.7. The van der Waals surface area contributed by atoms with Crippen LogP contribution in [0.1, 0.15) is 23.3 Å². The van der Waals surface area contributed by atoms with E-state index in [4.69, 9.17) is 21.1 Å². The van der Waals surface area contributed by atoms with E-state index >= 15 is 0 Å². The third kappa shape index (κ3) is 3.79. The summed E-state index contributed by atoms with van der Waals surface area (Å²) in [4.78, 5) is 18.6. The minimum atomic E-state index is -0.0996. The Kier molecular flexibility index (Phi) is 5.20. The number of carbonyl (C=O) groups is 1. The molecule has 3 rings (SSSR count). The molecule has 0 N–H and O–H groups in total. The molecule has 1 aromatic heterocycles. The van der Waals surface area contributed by atoms with E-state index in [1.165, 1.54) is 0 Å². The molecule has 0 atom stereocenters. The maximum Gasteiger partial charge on any atom is 0.276 e. The highest BCUT2D eigenvalue weighted by Crippen LogP contribution is 2.23. The number of carbonyl (C=O) groups excluding carboxylic acids is 1. The van der Waals surface area contributed by atoms with Crippen LogP contribution in [0.5, 0.6) is 11.5 Å². The molecule has 0 aliphatic carbocycles. The molecular formula is C18H19ClN2O3. The second-order valence-electron chi connectivity index (χ2n) is 5.62. The molecule has 2 aromatic rings. The highest BCUT2D eigenvalue weighted by molar-refractivity contribution is 6.30. The zero-order chi connectivity index (χ0) is 16.9. The molecule has 0 bridgehead atoms. The van der Waals surface area contributed by atoms with Crippen LogP contribution in [0.25, 0.3) is 0 Å². The molecule has 0 unspecified atom stereocenters. The van der Waals surface area contributed by atoms with Gasteiger partial charge in [-0.2, -0.15) is 0 Å². The molecule has 0 spiro atoms. The van der Waals surface area contributed by atoms with E-state index in [0.717, 1.165) is 18.6 Å². The molecule has 0 saturated carbocycles. The van der Waals surface area contributed by atoms with Crippen LogP contribution in [-0.4, -0.2) is 42.1 Å². The number of hydrogen-bond acceptors (Lipinski definition) is 4. The minimum absolute atomic E-state index is 0.0980. The van der Waals surface area contributed by atoms with E-state index in [-0.39, 0.29) is 12.0 Å². The number of benzene rings is 1. The first kappa shape index (κ1) is 16.6. The van der Waals surface area contributed by atoms with Crippen LogP contribution in [0.15, 0.2) is 42.6 Å². The zero-order valence-corrected chi connectivity index (χ0v) is 14.2. The van der Waals surface area contributed by atoms with Crippen molar-refractivity contribution < 1.29 is 14.3 Å². The summed E-state index contributed by atoms with van der Waals surface area (Å²) in [5.41, 5.74) is 0.358. The van der Waals surface area contributed by atoms with Crippen molar-refractivity contribution >= 4 is 17.5 Å². The molecule has 126 valence electrons. The van der Waals surface area contributed by atoms with Gasteiger partial charge in [0.05, 0.1) is 7.11 Å². The number of piperidine rings is 1. The van der Waals surface area contributed by atoms with Gasteiger partial charge in [-0.05, 0) is 36.4 Å². The Morgan fingerprint density at radius 3 is 2.58 bits per heavy atom. The van der Waals surface area contributed by atoms with Crippen LogP contribution >= 0.6 is 11.6 Å². The van der Waals surface area contributed by atoms with E-state index in [1.54, 1.807) is 30.3 Å². The summed E-state index contributed by atoms with van der Waals surface area (Å²) >= 11 is 5.88. The number of ether oxygens (including phenoxy) is 2. The summed E-state index contributed by atoms with van der Waals surface area (Å²) in [5, 5.41) is 0.687. The van der Waals surface area contributed by atoms with E-state index in [2.05, 4.69) is 4.98 Å². The average Bonchev–Trinajstić information content (AvgIpc) is 2.63. The molecule has 6 heteroatoms. The number of amides is 1. The molecule has 1 aliphatic heterocycles. The van der Waals surface area contributed by atoms with Crippen molar-refractivity contribution in [2.24, 2.45) is 0 Å². The topological polar surface area (TPSA) is 51.7 Å². The highest BCUT2D eigenvalue weighted by Gasteiger charge is 2.27. The van der Waals surface area contributed by atoms with Gasteiger partial charge in [-0.1, -0.05) is 11.6 Å². The molecular weight excluding hydrogens is 328 g/mol. The van der Waals surface area contributed by atoms with Gasteiger partial charge < -0.3 is 14.4 Å². The van der Waals surface area contributed by atoms with Crippen LogP contribution in [0.4, 0.5) is 0 Å². The maximum absolute atomic E-state index is 12.6. The number of halogens is 1. The Labute approximate surface area is 146 Å². The summed E-state index contributed by atoms with van der Waals surface area (Å²) in [5.74, 6) is 1.20. The Hall–Kier alpha value is -2.27. The Morgan fingerprint density at radius 1 is 1.21 bits per heavy atom. The van der Waals surface area contributed by atoms with Crippen molar-refractivity contribution in [3.05, 3.63) is 53.3 Å². The number of pyridine rings is 1. The standard InChI is InChI=1S/C18H19ClN2O3/c1-23-16-3-2-10-20-17(16)18(22)21-11-8-15(9-12-21)24-14-6-4-13(19)5-7-14/h2-7,10,15H,8-9,11-12H2,1H3. The van der Waals surface area contributed by atoms with Gasteiger partial charge in [0.15, 0.2) is 5.69 Å². The molecule has 24 heavy (non-hydrogen) atoms. The molecule has 1 amide bonds. The lowest BCUT2D eigenvalue weighted by atomic mass is 10.1. The van der Waals surface area contributed by atoms with Crippen LogP contribution in [0.3, 0.4) is 0 Å². The average molecular weight is 347 g/mol. The Morgan fingerprint density at radius 2 is 1.92 bits per heavy atom. The number of methoxy groups -OCH3 is 1. The summed E-state index contributed by atoms with van der Waals surface area (Å²) in [6.07, 6.45) is 3.26. The second-order valence-corrected chi connectivity index (χ2v) is 6.05. The van der Waals surface area contributed by atoms with Gasteiger partial charge in [0.1, 0.15) is 17.6 Å². The first-order valence-corrected chi connectivity index (χ1v) is 8.25. The zero-order valence-electron chi connectivity index (χ0n) is 13.4. The van der Waals surface area contributed by atoms with Gasteiger partial charge in [0, 0.05) is 37.2 Å². The van der Waals surface area contributed by atoms with Crippen molar-refractivity contribution in [2.75, 3.05) is 20.2 Å². The van der Waals surface area contributed by atoms with Gasteiger partial charge in [-0.25, -0.2) is 4.98 Å². The lowest BCUT2D eigenvalue weighted by Gasteiger charge is -2.32. The molecule has 1 fully saturated rings. The van der Waals surface area contributed by atoms with Crippen LogP contribution in [0, 0.1) is 0 Å². The normalized spacial score (nSPS) is 15.2. The van der Waals surface area contributed by atoms with E-state index in [1.807, 2.05) is 24.3 Å². The number of nitrogens with zero attached hydrogens (tertiary/aromatic N) is 2. The van der Waals surface area contributed by atoms with Gasteiger partial charge in [0.25, 0.3) is 5.91 Å². The number of rotatable bonds is 4. The van der Waals surface area contributed by atoms with E-state index in [9.17, 15) is 4.79 Å². The highest BCUT2D eigenvalue weighted by atomic mass is 35.5. The van der Waals surface area contributed by atoms with Gasteiger partial charge >= 0.3 is 0 Å². The predicted molar refractivity (Wildman–Crippen MR) is 91.8 cm³/mol. The largest absolute Gasteiger partial charge is 0.494 e. The van der Waals surface area contributed by atoms with Crippen LogP contribution in [-0.2, 0) is 0 Å². The first-order valence-electron chi connectivity index (χ1n) is 7.88. The van der Waals surface area contributed by atoms with Crippen LogP contribution in [0.2, 0.25) is 5.02 Å². The lowest BCUT2D eigenvalue weighted by Crippen LogP contribution is -2.42. The smallest absolute Gasteiger partial charge is 0.276 e. The summed E-state index contributed by atoms with van der Waals surface area (Å²) in [6, 6.07) is 10.8. The number of likely N-dealkylation sites (tertiary alicyclic amines) is 1. The predicted octanol–water partition coefficient (Wildman–Crippen LogP) is 3.43. The van der Waals surface area contributed by atoms with Crippen molar-refractivity contribution in [1.29, 1.82) is 0 Å². The van der Waals surface area contributed by atoms with E-state index in [0.29, 0.717) is 29.6 Å². The van der Waals surface area contributed by atoms with Crippen molar-refractivity contribution in [1.82, 2.24) is 9.88 Å².